The topological polar surface area (TPSA) is 126 Å². The lowest BCUT2D eigenvalue weighted by molar-refractivity contribution is -0.123. The number of hydrogen-bond acceptors (Lipinski definition) is 6. The average molecular weight is 402 g/mol. The minimum Gasteiger partial charge on any atom is -0.479 e. The van der Waals surface area contributed by atoms with Gasteiger partial charge in [-0.1, -0.05) is 6.07 Å². The molecule has 0 unspecified atom stereocenters. The first-order valence-corrected chi connectivity index (χ1v) is 9.30. The van der Waals surface area contributed by atoms with Gasteiger partial charge in [0.1, 0.15) is 5.75 Å². The van der Waals surface area contributed by atoms with Crippen molar-refractivity contribution in [1.29, 1.82) is 0 Å². The van der Waals surface area contributed by atoms with Crippen molar-refractivity contribution in [2.45, 2.75) is 13.0 Å². The summed E-state index contributed by atoms with van der Waals surface area (Å²) in [5.41, 5.74) is 0.906. The number of hydrogen-bond donors (Lipinski definition) is 4. The van der Waals surface area contributed by atoms with Crippen LogP contribution in [0.1, 0.15) is 16.6 Å². The van der Waals surface area contributed by atoms with Crippen molar-refractivity contribution in [2.24, 2.45) is 0 Å². The van der Waals surface area contributed by atoms with E-state index in [9.17, 15) is 19.2 Å². The Morgan fingerprint density at radius 1 is 1.14 bits per heavy atom. The van der Waals surface area contributed by atoms with Gasteiger partial charge in [0, 0.05) is 5.69 Å². The molecule has 0 saturated carbocycles. The van der Waals surface area contributed by atoms with E-state index in [0.29, 0.717) is 22.0 Å². The van der Waals surface area contributed by atoms with Crippen molar-refractivity contribution in [3.63, 3.8) is 0 Å². The summed E-state index contributed by atoms with van der Waals surface area (Å²) < 4.78 is 5.44. The summed E-state index contributed by atoms with van der Waals surface area (Å²) in [5.74, 6) is -1.04. The van der Waals surface area contributed by atoms with E-state index in [0.717, 1.165) is 0 Å². The minimum absolute atomic E-state index is 0.232. The number of carbonyl (C=O) groups excluding carboxylic acids is 4. The predicted molar refractivity (Wildman–Crippen MR) is 103 cm³/mol. The van der Waals surface area contributed by atoms with Gasteiger partial charge in [0.05, 0.1) is 23.7 Å². The van der Waals surface area contributed by atoms with Crippen LogP contribution in [0.4, 0.5) is 11.4 Å². The first kappa shape index (κ1) is 19.4. The van der Waals surface area contributed by atoms with Crippen LogP contribution in [0.5, 0.6) is 5.75 Å². The van der Waals surface area contributed by atoms with Gasteiger partial charge < -0.3 is 26.0 Å². The molecule has 2 aromatic rings. The highest BCUT2D eigenvalue weighted by molar-refractivity contribution is 7.12. The van der Waals surface area contributed by atoms with Gasteiger partial charge in [-0.3, -0.25) is 19.2 Å². The highest BCUT2D eigenvalue weighted by Crippen LogP contribution is 2.32. The van der Waals surface area contributed by atoms with Gasteiger partial charge in [0.15, 0.2) is 6.10 Å². The Labute approximate surface area is 164 Å². The summed E-state index contributed by atoms with van der Waals surface area (Å²) in [5, 5.41) is 12.0. The normalized spacial score (nSPS) is 14.9. The third-order valence-electron chi connectivity index (χ3n) is 3.79. The maximum atomic E-state index is 12.0. The summed E-state index contributed by atoms with van der Waals surface area (Å²) in [7, 11) is 0. The van der Waals surface area contributed by atoms with E-state index in [1.807, 2.05) is 0 Å². The third-order valence-corrected chi connectivity index (χ3v) is 4.66. The Hall–Kier alpha value is -3.40. The highest BCUT2D eigenvalue weighted by atomic mass is 32.1. The van der Waals surface area contributed by atoms with Crippen molar-refractivity contribution in [3.8, 4) is 5.75 Å². The van der Waals surface area contributed by atoms with Crippen LogP contribution in [0, 0.1) is 0 Å². The van der Waals surface area contributed by atoms with Crippen LogP contribution in [0.25, 0.3) is 0 Å². The molecule has 1 aliphatic rings. The van der Waals surface area contributed by atoms with Gasteiger partial charge in [0.25, 0.3) is 11.8 Å². The van der Waals surface area contributed by atoms with Gasteiger partial charge >= 0.3 is 0 Å². The maximum absolute atomic E-state index is 12.0. The molecule has 4 amide bonds. The fourth-order valence-corrected chi connectivity index (χ4v) is 3.03. The largest absolute Gasteiger partial charge is 0.479 e. The van der Waals surface area contributed by atoms with Crippen LogP contribution in [-0.2, 0) is 14.4 Å². The number of carbonyl (C=O) groups is 4. The number of amides is 4. The Bertz CT molecular complexity index is 913. The van der Waals surface area contributed by atoms with E-state index < -0.39 is 17.9 Å². The van der Waals surface area contributed by atoms with Crippen LogP contribution in [0.2, 0.25) is 0 Å². The summed E-state index contributed by atoms with van der Waals surface area (Å²) >= 11 is 1.27. The monoisotopic (exact) mass is 402 g/mol. The zero-order valence-corrected chi connectivity index (χ0v) is 15.7. The Morgan fingerprint density at radius 3 is 2.68 bits per heavy atom. The molecule has 0 aliphatic carbocycles. The third kappa shape index (κ3) is 4.86. The first-order chi connectivity index (χ1) is 13.4. The molecule has 9 nitrogen and oxygen atoms in total. The van der Waals surface area contributed by atoms with E-state index in [1.54, 1.807) is 42.6 Å². The average Bonchev–Trinajstić information content (AvgIpc) is 3.20. The molecular weight excluding hydrogens is 384 g/mol. The Morgan fingerprint density at radius 2 is 1.93 bits per heavy atom. The van der Waals surface area contributed by atoms with Gasteiger partial charge in [-0.15, -0.1) is 11.3 Å². The molecule has 0 spiro atoms. The van der Waals surface area contributed by atoms with Gasteiger partial charge in [0.2, 0.25) is 11.8 Å². The van der Waals surface area contributed by atoms with Crippen molar-refractivity contribution in [3.05, 3.63) is 40.6 Å². The van der Waals surface area contributed by atoms with E-state index in [1.165, 1.54) is 11.3 Å². The van der Waals surface area contributed by atoms with Crippen LogP contribution in [0.15, 0.2) is 35.7 Å². The molecule has 1 aromatic heterocycles. The highest BCUT2D eigenvalue weighted by Gasteiger charge is 2.23. The second-order valence-electron chi connectivity index (χ2n) is 5.95. The molecule has 0 radical (unpaired) electrons. The number of thiophene rings is 1. The standard InChI is InChI=1S/C18H18N4O5S/c1-10-17(25)22-12-7-11(4-5-13(12)27-10)21-16(24)9-19-15(23)8-20-18(26)14-3-2-6-28-14/h2-7,10H,8-9H2,1H3,(H,19,23)(H,20,26)(H,21,24)(H,22,25)/t10-/m1/s1. The zero-order chi connectivity index (χ0) is 20.1. The zero-order valence-electron chi connectivity index (χ0n) is 14.9. The number of ether oxygens (including phenoxy) is 1. The van der Waals surface area contributed by atoms with Gasteiger partial charge in [-0.05, 0) is 36.6 Å². The Balaban J connectivity index is 1.44. The molecule has 0 bridgehead atoms. The number of fused-ring (bicyclic) bond motifs is 1. The van der Waals surface area contributed by atoms with E-state index >= 15 is 0 Å². The molecule has 28 heavy (non-hydrogen) atoms. The quantitative estimate of drug-likeness (QED) is 0.573. The molecule has 0 fully saturated rings. The number of rotatable bonds is 6. The molecule has 0 saturated heterocycles. The van der Waals surface area contributed by atoms with Crippen molar-refractivity contribution >= 4 is 46.3 Å². The minimum atomic E-state index is -0.580. The lowest BCUT2D eigenvalue weighted by atomic mass is 10.2. The lowest BCUT2D eigenvalue weighted by Gasteiger charge is -2.23. The molecule has 4 N–H and O–H groups in total. The van der Waals surface area contributed by atoms with Crippen LogP contribution < -0.4 is 26.0 Å². The van der Waals surface area contributed by atoms with E-state index in [-0.39, 0.29) is 24.9 Å². The first-order valence-electron chi connectivity index (χ1n) is 8.42. The SMILES string of the molecule is C[C@H]1Oc2ccc(NC(=O)CNC(=O)CNC(=O)c3cccs3)cc2NC1=O. The second-order valence-corrected chi connectivity index (χ2v) is 6.89. The number of benzene rings is 1. The fraction of sp³-hybridized carbons (Fsp3) is 0.222. The lowest BCUT2D eigenvalue weighted by Crippen LogP contribution is -2.40. The smallest absolute Gasteiger partial charge is 0.265 e. The van der Waals surface area contributed by atoms with Crippen LogP contribution in [0.3, 0.4) is 0 Å². The molecule has 146 valence electrons. The van der Waals surface area contributed by atoms with Crippen LogP contribution >= 0.6 is 11.3 Å². The fourth-order valence-electron chi connectivity index (χ4n) is 2.39. The number of nitrogens with one attached hydrogen (secondary N) is 4. The van der Waals surface area contributed by atoms with Crippen LogP contribution in [-0.4, -0.2) is 42.8 Å². The maximum Gasteiger partial charge on any atom is 0.265 e. The molecular formula is C18H18N4O5S. The van der Waals surface area contributed by atoms with Gasteiger partial charge in [-0.25, -0.2) is 0 Å². The number of anilines is 2. The van der Waals surface area contributed by atoms with Crippen molar-refractivity contribution in [1.82, 2.24) is 10.6 Å². The molecule has 1 aliphatic heterocycles. The van der Waals surface area contributed by atoms with E-state index in [4.69, 9.17) is 4.74 Å². The van der Waals surface area contributed by atoms with Crippen molar-refractivity contribution in [2.75, 3.05) is 23.7 Å². The molecule has 1 atom stereocenters. The Kier molecular flexibility index (Phi) is 5.90. The summed E-state index contributed by atoms with van der Waals surface area (Å²) in [6.07, 6.45) is -0.580. The second kappa shape index (κ2) is 8.53. The van der Waals surface area contributed by atoms with E-state index in [2.05, 4.69) is 21.3 Å². The summed E-state index contributed by atoms with van der Waals surface area (Å²) in [6, 6.07) is 8.23. The van der Waals surface area contributed by atoms with Gasteiger partial charge in [-0.2, -0.15) is 0 Å². The molecule has 3 rings (SSSR count). The van der Waals surface area contributed by atoms with Crippen molar-refractivity contribution < 1.29 is 23.9 Å². The summed E-state index contributed by atoms with van der Waals surface area (Å²) in [6.45, 7) is 1.15. The summed E-state index contributed by atoms with van der Waals surface area (Å²) in [4.78, 5) is 47.7. The molecule has 1 aromatic carbocycles. The molecule has 2 heterocycles. The molecule has 10 heteroatoms. The predicted octanol–water partition coefficient (Wildman–Crippen LogP) is 0.952.